The highest BCUT2D eigenvalue weighted by atomic mass is 33.1. The fourth-order valence-electron chi connectivity index (χ4n) is 7.75. The molecular weight excluding hydrogens is 919 g/mol. The van der Waals surface area contributed by atoms with Crippen LogP contribution < -0.4 is 72.0 Å². The normalized spacial score (nSPS) is 18.1. The number of fused-ring (bicyclic) bond motifs is 1. The molecule has 0 spiro atoms. The van der Waals surface area contributed by atoms with Gasteiger partial charge in [-0.1, -0.05) is 78.0 Å². The molecule has 0 unspecified atom stereocenters. The quantitative estimate of drug-likeness (QED) is 0.0181. The molecule has 2 aromatic carbocycles. The molecule has 23 nitrogen and oxygen atoms in total. The molecule has 68 heavy (non-hydrogen) atoms. The van der Waals surface area contributed by atoms with Crippen LogP contribution >= 0.6 is 21.6 Å². The van der Waals surface area contributed by atoms with Gasteiger partial charge in [0.25, 0.3) is 5.91 Å². The summed E-state index contributed by atoms with van der Waals surface area (Å²) in [5.74, 6) is -5.85. The number of primary amides is 2. The van der Waals surface area contributed by atoms with E-state index in [-0.39, 0.29) is 98.6 Å². The van der Waals surface area contributed by atoms with Gasteiger partial charge in [0.05, 0.1) is 5.56 Å². The number of hydrogen-bond acceptors (Lipinski definition) is 13. The zero-order valence-corrected chi connectivity index (χ0v) is 39.5. The van der Waals surface area contributed by atoms with Crippen LogP contribution in [0.5, 0.6) is 0 Å². The Balaban J connectivity index is 1.59. The molecule has 1 heterocycles. The zero-order chi connectivity index (χ0) is 49.8. The molecule has 1 aliphatic carbocycles. The maximum atomic E-state index is 14.3. The molecule has 1 saturated heterocycles. The van der Waals surface area contributed by atoms with Gasteiger partial charge in [0.2, 0.25) is 41.4 Å². The summed E-state index contributed by atoms with van der Waals surface area (Å²) in [5.41, 5.74) is 39.6. The summed E-state index contributed by atoms with van der Waals surface area (Å²) in [4.78, 5) is 116. The first-order valence-corrected chi connectivity index (χ1v) is 24.9. The van der Waals surface area contributed by atoms with Crippen molar-refractivity contribution < 1.29 is 38.4 Å². The maximum Gasteiger partial charge on any atom is 0.254 e. The molecule has 6 atom stereocenters. The molecule has 2 aliphatic rings. The van der Waals surface area contributed by atoms with Crippen LogP contribution in [0.4, 0.5) is 5.69 Å². The van der Waals surface area contributed by atoms with Gasteiger partial charge in [0, 0.05) is 36.7 Å². The van der Waals surface area contributed by atoms with Gasteiger partial charge < -0.3 is 72.0 Å². The van der Waals surface area contributed by atoms with Gasteiger partial charge in [-0.25, -0.2) is 0 Å². The van der Waals surface area contributed by atoms with Crippen molar-refractivity contribution in [1.82, 2.24) is 31.9 Å². The Morgan fingerprint density at radius 3 is 1.76 bits per heavy atom. The highest BCUT2D eigenvalue weighted by molar-refractivity contribution is 8.76. The van der Waals surface area contributed by atoms with Crippen LogP contribution in [0.1, 0.15) is 87.4 Å². The van der Waals surface area contributed by atoms with E-state index in [9.17, 15) is 38.4 Å². The molecule has 1 saturated carbocycles. The summed E-state index contributed by atoms with van der Waals surface area (Å²) in [7, 11) is 2.58. The van der Waals surface area contributed by atoms with E-state index in [0.717, 1.165) is 42.9 Å². The summed E-state index contributed by atoms with van der Waals surface area (Å²) in [6, 6.07) is 3.24. The van der Waals surface area contributed by atoms with E-state index >= 15 is 0 Å². The third kappa shape index (κ3) is 18.0. The molecule has 20 N–H and O–H groups in total. The van der Waals surface area contributed by atoms with E-state index in [1.807, 2.05) is 12.1 Å². The van der Waals surface area contributed by atoms with Crippen molar-refractivity contribution in [2.24, 2.45) is 50.3 Å². The van der Waals surface area contributed by atoms with Crippen LogP contribution in [-0.4, -0.2) is 120 Å². The van der Waals surface area contributed by atoms with Crippen LogP contribution in [-0.2, 0) is 33.6 Å². The fourth-order valence-corrected chi connectivity index (χ4v) is 10.1. The lowest BCUT2D eigenvalue weighted by Crippen LogP contribution is -2.60. The van der Waals surface area contributed by atoms with Crippen molar-refractivity contribution in [3.8, 4) is 0 Å². The largest absolute Gasteiger partial charge is 0.398 e. The summed E-state index contributed by atoms with van der Waals surface area (Å²) in [5, 5.41) is 17.6. The second-order valence-corrected chi connectivity index (χ2v) is 19.3. The number of nitrogens with zero attached hydrogens (tertiary/aromatic N) is 2. The first-order valence-electron chi connectivity index (χ1n) is 22.5. The monoisotopic (exact) mass is 983 g/mol. The summed E-state index contributed by atoms with van der Waals surface area (Å²) >= 11 is 0. The second-order valence-electron chi connectivity index (χ2n) is 16.7. The molecule has 8 amide bonds. The lowest BCUT2D eigenvalue weighted by Gasteiger charge is -2.30. The average molecular weight is 984 g/mol. The number of amides is 8. The lowest BCUT2D eigenvalue weighted by molar-refractivity contribution is -0.135. The summed E-state index contributed by atoms with van der Waals surface area (Å²) < 4.78 is 0. The van der Waals surface area contributed by atoms with Crippen molar-refractivity contribution in [3.63, 3.8) is 0 Å². The number of nitrogen functional groups attached to an aromatic ring is 1. The van der Waals surface area contributed by atoms with Crippen LogP contribution in [0.15, 0.2) is 46.4 Å². The van der Waals surface area contributed by atoms with E-state index in [1.165, 1.54) is 21.6 Å². The molecule has 372 valence electrons. The number of rotatable bonds is 24. The Morgan fingerprint density at radius 1 is 0.676 bits per heavy atom. The number of nitrogens with two attached hydrogens (primary N) is 7. The van der Waals surface area contributed by atoms with Crippen LogP contribution in [0.3, 0.4) is 0 Å². The Bertz CT molecular complexity index is 2180. The molecular formula is C43H65N15O8S2. The van der Waals surface area contributed by atoms with E-state index in [1.54, 1.807) is 24.3 Å². The predicted octanol–water partition coefficient (Wildman–Crippen LogP) is -1.83. The number of hydrogen-bond donors (Lipinski definition) is 13. The molecule has 4 rings (SSSR count). The van der Waals surface area contributed by atoms with Gasteiger partial charge in [-0.3, -0.25) is 48.3 Å². The van der Waals surface area contributed by atoms with E-state index in [0.29, 0.717) is 0 Å². The fraction of sp³-hybridized carbons (Fsp3) is 0.535. The van der Waals surface area contributed by atoms with E-state index in [4.69, 9.17) is 40.1 Å². The Morgan fingerprint density at radius 2 is 1.21 bits per heavy atom. The molecule has 0 bridgehead atoms. The molecule has 0 radical (unpaired) electrons. The molecule has 25 heteroatoms. The Hall–Kier alpha value is -6.50. The number of benzene rings is 2. The van der Waals surface area contributed by atoms with Gasteiger partial charge in [-0.15, -0.1) is 0 Å². The van der Waals surface area contributed by atoms with E-state index in [2.05, 4.69) is 41.9 Å². The Labute approximate surface area is 402 Å². The first kappa shape index (κ1) is 54.1. The highest BCUT2D eigenvalue weighted by Crippen LogP contribution is 2.29. The van der Waals surface area contributed by atoms with E-state index < -0.39 is 83.5 Å². The topological polar surface area (TPSA) is 416 Å². The van der Waals surface area contributed by atoms with Crippen molar-refractivity contribution in [2.45, 2.75) is 113 Å². The van der Waals surface area contributed by atoms with Crippen LogP contribution in [0.2, 0.25) is 0 Å². The maximum absolute atomic E-state index is 14.3. The minimum atomic E-state index is -1.45. The summed E-state index contributed by atoms with van der Waals surface area (Å²) in [6.45, 7) is 0.172. The average Bonchev–Trinajstić information content (AvgIpc) is 3.28. The van der Waals surface area contributed by atoms with Crippen molar-refractivity contribution >= 4 is 97.2 Å². The standard InChI is InChI=1S/C43H65N15O8S2/c44-27-20-25-11-5-4-10-24(25)19-26(27)36(61)53-28(12-6-16-51-42(47)48)37(62)54-29(13-7-17-52-43(49)50)38(63)55-30(14-15-34(45)59)39(64)56-31(18-23-8-2-1-3-9-23)40(65)58-33-22-68-67-21-32(35(46)60)57-41(33)66/h4-5,10-11,19-20,23,28-33H,1-3,6-9,12-18,21-22,44H2,(H2,45,59)(H2,46,60)(H,53,61)(H,54,62)(H,55,63)(H,56,64)(H,57,66)(H,58,65)(H4,47,48,51)(H4,49,50,52)/t28-,29-,30+,31+,32+,33+/m1/s1. The lowest BCUT2D eigenvalue weighted by atomic mass is 9.84. The summed E-state index contributed by atoms with van der Waals surface area (Å²) in [6.07, 6.45) is 4.38. The van der Waals surface area contributed by atoms with Crippen molar-refractivity contribution in [2.75, 3.05) is 30.3 Å². The number of guanidine groups is 2. The number of carbonyl (C=O) groups excluding carboxylic acids is 8. The number of nitrogens with one attached hydrogen (secondary N) is 6. The van der Waals surface area contributed by atoms with Crippen molar-refractivity contribution in [3.05, 3.63) is 42.0 Å². The van der Waals surface area contributed by atoms with Crippen molar-refractivity contribution in [1.29, 1.82) is 0 Å². The molecule has 2 fully saturated rings. The molecule has 2 aromatic rings. The third-order valence-corrected chi connectivity index (χ3v) is 13.8. The zero-order valence-electron chi connectivity index (χ0n) is 37.8. The minimum Gasteiger partial charge on any atom is -0.398 e. The minimum absolute atomic E-state index is 0.0179. The van der Waals surface area contributed by atoms with Crippen LogP contribution in [0, 0.1) is 5.92 Å². The van der Waals surface area contributed by atoms with Crippen LogP contribution in [0.25, 0.3) is 10.8 Å². The van der Waals surface area contributed by atoms with Gasteiger partial charge in [-0.2, -0.15) is 0 Å². The van der Waals surface area contributed by atoms with Gasteiger partial charge in [0.15, 0.2) is 11.9 Å². The molecule has 0 aromatic heterocycles. The highest BCUT2D eigenvalue weighted by Gasteiger charge is 2.35. The number of anilines is 1. The van der Waals surface area contributed by atoms with Gasteiger partial charge >= 0.3 is 0 Å². The number of aliphatic imine (C=N–C) groups is 2. The first-order chi connectivity index (χ1) is 32.4. The third-order valence-electron chi connectivity index (χ3n) is 11.4. The Kier molecular flexibility index (Phi) is 21.8. The smallest absolute Gasteiger partial charge is 0.254 e. The van der Waals surface area contributed by atoms with Gasteiger partial charge in [0.1, 0.15) is 36.3 Å². The SMILES string of the molecule is NC(=O)CC[C@H](NC(=O)[C@@H](CCCN=C(N)N)NC(=O)[C@@H](CCCN=C(N)N)NC(=O)c1cc2ccccc2cc1N)C(=O)N[C@@H](CC1CCCCC1)C(=O)N[C@H]1CSSC[C@@H](C(N)=O)NC1=O. The van der Waals surface area contributed by atoms with Gasteiger partial charge in [-0.05, 0) is 67.3 Å². The number of carbonyl (C=O) groups is 8. The molecule has 1 aliphatic heterocycles. The predicted molar refractivity (Wildman–Crippen MR) is 263 cm³/mol. The second kappa shape index (κ2) is 27.3.